The topological polar surface area (TPSA) is 73.8 Å². The first-order chi connectivity index (χ1) is 21.3. The van der Waals surface area contributed by atoms with Gasteiger partial charge in [0.1, 0.15) is 0 Å². The molecule has 0 bridgehead atoms. The van der Waals surface area contributed by atoms with Gasteiger partial charge in [-0.3, -0.25) is 0 Å². The van der Waals surface area contributed by atoms with Gasteiger partial charge >= 0.3 is 0 Å². The summed E-state index contributed by atoms with van der Waals surface area (Å²) in [4.78, 5) is 0. The van der Waals surface area contributed by atoms with E-state index in [1.807, 2.05) is 0 Å². The molecule has 43 heavy (non-hydrogen) atoms. The Morgan fingerprint density at radius 1 is 0.302 bits per heavy atom. The van der Waals surface area contributed by atoms with Gasteiger partial charge in [0.05, 0.1) is 92.5 Å². The molecule has 0 N–H and O–H groups in total. The van der Waals surface area contributed by atoms with Crippen LogP contribution in [0.3, 0.4) is 0 Å². The summed E-state index contributed by atoms with van der Waals surface area (Å²) in [7, 11) is 0. The summed E-state index contributed by atoms with van der Waals surface area (Å²) in [6.45, 7) is 16.5. The molecule has 0 rings (SSSR count). The highest BCUT2D eigenvalue weighted by molar-refractivity contribution is 4.50. The van der Waals surface area contributed by atoms with Crippen molar-refractivity contribution in [2.45, 2.75) is 117 Å². The summed E-state index contributed by atoms with van der Waals surface area (Å²) in [6, 6.07) is 0. The van der Waals surface area contributed by atoms with Gasteiger partial charge in [-0.1, -0.05) is 111 Å². The average molecular weight is 621 g/mol. The Bertz CT molecular complexity index is 483. The molecule has 0 aromatic carbocycles. The Morgan fingerprint density at radius 3 is 0.860 bits per heavy atom. The highest BCUT2D eigenvalue weighted by Crippen LogP contribution is 2.13. The Morgan fingerprint density at radius 2 is 0.558 bits per heavy atom. The lowest BCUT2D eigenvalue weighted by Gasteiger charge is -2.10. The van der Waals surface area contributed by atoms with E-state index in [0.717, 1.165) is 26.1 Å². The van der Waals surface area contributed by atoms with Gasteiger partial charge in [-0.2, -0.15) is 0 Å². The number of hydrogen-bond donors (Lipinski definition) is 0. The molecule has 1 unspecified atom stereocenters. The largest absolute Gasteiger partial charge is 0.379 e. The molecule has 0 fully saturated rings. The monoisotopic (exact) mass is 621 g/mol. The maximum absolute atomic E-state index is 5.68. The Hall–Kier alpha value is -0.320. The maximum atomic E-state index is 5.68. The van der Waals surface area contributed by atoms with Crippen LogP contribution in [0.2, 0.25) is 0 Å². The summed E-state index contributed by atoms with van der Waals surface area (Å²) in [5.41, 5.74) is 0. The van der Waals surface area contributed by atoms with Crippen molar-refractivity contribution >= 4 is 0 Å². The van der Waals surface area contributed by atoms with Crippen LogP contribution >= 0.6 is 0 Å². The van der Waals surface area contributed by atoms with Crippen molar-refractivity contribution in [2.75, 3.05) is 106 Å². The van der Waals surface area contributed by atoms with Crippen molar-refractivity contribution in [3.63, 3.8) is 0 Å². The van der Waals surface area contributed by atoms with Gasteiger partial charge in [0.2, 0.25) is 0 Å². The predicted octanol–water partition coefficient (Wildman–Crippen LogP) is 7.65. The van der Waals surface area contributed by atoms with Gasteiger partial charge in [0.15, 0.2) is 0 Å². The maximum Gasteiger partial charge on any atom is 0.0701 e. The summed E-state index contributed by atoms with van der Waals surface area (Å²) >= 11 is 0. The highest BCUT2D eigenvalue weighted by atomic mass is 16.6. The van der Waals surface area contributed by atoms with Crippen LogP contribution in [-0.2, 0) is 37.9 Å². The second kappa shape index (κ2) is 39.7. The Balaban J connectivity index is 3.04. The molecule has 8 heteroatoms. The Kier molecular flexibility index (Phi) is 39.4. The van der Waals surface area contributed by atoms with Crippen LogP contribution < -0.4 is 0 Å². The van der Waals surface area contributed by atoms with E-state index in [4.69, 9.17) is 37.9 Å². The number of hydrogen-bond acceptors (Lipinski definition) is 8. The highest BCUT2D eigenvalue weighted by Gasteiger charge is 1.99. The van der Waals surface area contributed by atoms with E-state index in [-0.39, 0.29) is 0 Å². The molecular formula is C35H72O8. The number of rotatable bonds is 39. The van der Waals surface area contributed by atoms with Crippen LogP contribution in [0.25, 0.3) is 0 Å². The van der Waals surface area contributed by atoms with Crippen LogP contribution in [0, 0.1) is 5.92 Å². The van der Waals surface area contributed by atoms with Crippen molar-refractivity contribution in [1.82, 2.24) is 0 Å². The lowest BCUT2D eigenvalue weighted by atomic mass is 10.0. The van der Waals surface area contributed by atoms with E-state index in [0.29, 0.717) is 98.4 Å². The fourth-order valence-corrected chi connectivity index (χ4v) is 4.34. The van der Waals surface area contributed by atoms with Gasteiger partial charge in [-0.15, -0.1) is 0 Å². The molecule has 0 radical (unpaired) electrons. The smallest absolute Gasteiger partial charge is 0.0701 e. The minimum Gasteiger partial charge on any atom is -0.379 e. The molecule has 0 saturated carbocycles. The lowest BCUT2D eigenvalue weighted by molar-refractivity contribution is -0.0238. The van der Waals surface area contributed by atoms with Crippen LogP contribution in [0.4, 0.5) is 0 Å². The minimum absolute atomic E-state index is 0.551. The van der Waals surface area contributed by atoms with Crippen molar-refractivity contribution in [2.24, 2.45) is 5.92 Å². The van der Waals surface area contributed by atoms with Crippen molar-refractivity contribution < 1.29 is 37.9 Å². The van der Waals surface area contributed by atoms with Gasteiger partial charge in [-0.05, 0) is 12.3 Å². The van der Waals surface area contributed by atoms with E-state index >= 15 is 0 Å². The van der Waals surface area contributed by atoms with Crippen LogP contribution in [0.15, 0.2) is 0 Å². The molecule has 0 saturated heterocycles. The van der Waals surface area contributed by atoms with Crippen molar-refractivity contribution in [1.29, 1.82) is 0 Å². The summed E-state index contributed by atoms with van der Waals surface area (Å²) in [6.07, 6.45) is 20.5. The second-order valence-corrected chi connectivity index (χ2v) is 11.5. The lowest BCUT2D eigenvalue weighted by Crippen LogP contribution is -2.15. The summed E-state index contributed by atoms with van der Waals surface area (Å²) in [5, 5.41) is 0. The zero-order chi connectivity index (χ0) is 31.2. The summed E-state index contributed by atoms with van der Waals surface area (Å²) < 4.78 is 44.3. The zero-order valence-corrected chi connectivity index (χ0v) is 28.8. The number of unbranched alkanes of at least 4 members (excludes halogenated alkanes) is 13. The molecule has 0 heterocycles. The first kappa shape index (κ1) is 42.7. The standard InChI is InChI=1S/C35H72O8/c1-4-6-7-8-9-10-11-12-13-14-15-16-17-18-19-36-20-21-37-22-23-38-24-25-39-26-27-40-28-29-41-30-31-42-32-33-43-34-35(3)5-2/h35H,4-34H2,1-3H3. The molecule has 0 aliphatic heterocycles. The summed E-state index contributed by atoms with van der Waals surface area (Å²) in [5.74, 6) is 0.608. The fourth-order valence-electron chi connectivity index (χ4n) is 4.34. The first-order valence-corrected chi connectivity index (χ1v) is 17.9. The SMILES string of the molecule is CCCCCCCCCCCCCCCCOCCOCCOCCOCCOCCOCCOCCOCC(C)CC. The molecule has 0 aliphatic rings. The predicted molar refractivity (Wildman–Crippen MR) is 176 cm³/mol. The van der Waals surface area contributed by atoms with Crippen molar-refractivity contribution in [3.8, 4) is 0 Å². The quantitative estimate of drug-likeness (QED) is 0.0649. The van der Waals surface area contributed by atoms with Crippen LogP contribution in [-0.4, -0.2) is 106 Å². The third kappa shape index (κ3) is 39.7. The fraction of sp³-hybridized carbons (Fsp3) is 1.00. The second-order valence-electron chi connectivity index (χ2n) is 11.5. The van der Waals surface area contributed by atoms with E-state index in [2.05, 4.69) is 20.8 Å². The van der Waals surface area contributed by atoms with Gasteiger partial charge in [-0.25, -0.2) is 0 Å². The molecule has 0 aromatic rings. The molecule has 0 amide bonds. The molecule has 260 valence electrons. The van der Waals surface area contributed by atoms with Gasteiger partial charge in [0, 0.05) is 13.2 Å². The Labute approximate surface area is 266 Å². The van der Waals surface area contributed by atoms with Gasteiger partial charge < -0.3 is 37.9 Å². The molecular weight excluding hydrogens is 548 g/mol. The normalized spacial score (nSPS) is 12.3. The van der Waals surface area contributed by atoms with Crippen molar-refractivity contribution in [3.05, 3.63) is 0 Å². The minimum atomic E-state index is 0.551. The van der Waals surface area contributed by atoms with E-state index in [9.17, 15) is 0 Å². The van der Waals surface area contributed by atoms with E-state index in [1.165, 1.54) is 83.5 Å². The van der Waals surface area contributed by atoms with Gasteiger partial charge in [0.25, 0.3) is 0 Å². The molecule has 0 aromatic heterocycles. The molecule has 0 aliphatic carbocycles. The molecule has 8 nitrogen and oxygen atoms in total. The molecule has 0 spiro atoms. The van der Waals surface area contributed by atoms with E-state index < -0.39 is 0 Å². The van der Waals surface area contributed by atoms with Crippen LogP contribution in [0.1, 0.15) is 117 Å². The zero-order valence-electron chi connectivity index (χ0n) is 28.8. The average Bonchev–Trinajstić information content (AvgIpc) is 3.02. The third-order valence-corrected chi connectivity index (χ3v) is 7.35. The first-order valence-electron chi connectivity index (χ1n) is 17.9. The number of ether oxygens (including phenoxy) is 8. The molecule has 1 atom stereocenters. The van der Waals surface area contributed by atoms with E-state index in [1.54, 1.807) is 0 Å². The third-order valence-electron chi connectivity index (χ3n) is 7.35. The van der Waals surface area contributed by atoms with Crippen LogP contribution in [0.5, 0.6) is 0 Å².